The Bertz CT molecular complexity index is 1380. The average molecular weight is 555 g/mol. The first-order valence-electron chi connectivity index (χ1n) is 13.9. The number of ether oxygens (including phenoxy) is 2. The molecule has 3 aromatic carbocycles. The first-order chi connectivity index (χ1) is 19.9. The summed E-state index contributed by atoms with van der Waals surface area (Å²) in [5.74, 6) is -2.07. The van der Waals surface area contributed by atoms with Gasteiger partial charge < -0.3 is 25.2 Å². The second kappa shape index (κ2) is 12.8. The summed E-state index contributed by atoms with van der Waals surface area (Å²) < 4.78 is 11.7. The molecular weight excluding hydrogens is 520 g/mol. The standard InChI is InChI=1S/C33H34N2O6/c1-21(40-19-22-10-3-2-4-11-22)30(31(36)34-24-13-9-12-23(18-24)32(37)38)35-33(39)41-20-29-27-16-7-5-14-25(27)26-15-6-8-17-28(26)29/h2-11,13-17,21,23-24,29-30H,12,18-20H2,1H3,(H,34,36)(H,35,39)(H,37,38)/t21?,23-,24-,30?/m1/s1. The molecule has 0 heterocycles. The fraction of sp³-hybridized carbons (Fsp3) is 0.303. The van der Waals surface area contributed by atoms with Crippen molar-refractivity contribution in [1.82, 2.24) is 10.6 Å². The van der Waals surface area contributed by atoms with Crippen LogP contribution in [0, 0.1) is 5.92 Å². The number of carboxylic acids is 1. The topological polar surface area (TPSA) is 114 Å². The lowest BCUT2D eigenvalue weighted by Crippen LogP contribution is -2.55. The molecule has 212 valence electrons. The highest BCUT2D eigenvalue weighted by Gasteiger charge is 2.33. The third-order valence-corrected chi connectivity index (χ3v) is 7.73. The van der Waals surface area contributed by atoms with E-state index in [4.69, 9.17) is 9.47 Å². The van der Waals surface area contributed by atoms with Gasteiger partial charge in [0.05, 0.1) is 18.6 Å². The molecule has 8 nitrogen and oxygen atoms in total. The van der Waals surface area contributed by atoms with Crippen molar-refractivity contribution in [2.24, 2.45) is 5.92 Å². The maximum absolute atomic E-state index is 13.4. The second-order valence-electron chi connectivity index (χ2n) is 10.5. The Morgan fingerprint density at radius 3 is 2.22 bits per heavy atom. The smallest absolute Gasteiger partial charge is 0.407 e. The molecular formula is C33H34N2O6. The third kappa shape index (κ3) is 6.66. The van der Waals surface area contributed by atoms with Gasteiger partial charge in [0.1, 0.15) is 12.6 Å². The lowest BCUT2D eigenvalue weighted by molar-refractivity contribution is -0.142. The van der Waals surface area contributed by atoms with Crippen molar-refractivity contribution in [2.45, 2.75) is 50.5 Å². The predicted octanol–water partition coefficient (Wildman–Crippen LogP) is 5.03. The molecule has 2 amide bonds. The number of carbonyl (C=O) groups is 3. The first kappa shape index (κ1) is 28.1. The summed E-state index contributed by atoms with van der Waals surface area (Å²) >= 11 is 0. The molecule has 0 aliphatic heterocycles. The summed E-state index contributed by atoms with van der Waals surface area (Å²) in [4.78, 5) is 38.0. The molecule has 5 rings (SSSR count). The lowest BCUT2D eigenvalue weighted by atomic mass is 9.91. The lowest BCUT2D eigenvalue weighted by Gasteiger charge is -2.28. The number of allylic oxidation sites excluding steroid dienone is 1. The monoisotopic (exact) mass is 554 g/mol. The Balaban J connectivity index is 1.26. The summed E-state index contributed by atoms with van der Waals surface area (Å²) in [6.45, 7) is 2.08. The largest absolute Gasteiger partial charge is 0.481 e. The fourth-order valence-corrected chi connectivity index (χ4v) is 5.53. The Labute approximate surface area is 239 Å². The van der Waals surface area contributed by atoms with E-state index in [1.54, 1.807) is 19.1 Å². The molecule has 2 unspecified atom stereocenters. The Kier molecular flexibility index (Phi) is 8.79. The van der Waals surface area contributed by atoms with Gasteiger partial charge >= 0.3 is 12.1 Å². The van der Waals surface area contributed by atoms with Crippen LogP contribution in [0.25, 0.3) is 11.1 Å². The number of nitrogens with one attached hydrogen (secondary N) is 2. The van der Waals surface area contributed by atoms with E-state index in [9.17, 15) is 19.5 Å². The minimum Gasteiger partial charge on any atom is -0.481 e. The van der Waals surface area contributed by atoms with Crippen molar-refractivity contribution >= 4 is 18.0 Å². The zero-order valence-electron chi connectivity index (χ0n) is 22.9. The minimum atomic E-state index is -1.06. The van der Waals surface area contributed by atoms with Crippen LogP contribution >= 0.6 is 0 Å². The van der Waals surface area contributed by atoms with Crippen LogP contribution in [0.4, 0.5) is 4.79 Å². The van der Waals surface area contributed by atoms with E-state index in [1.165, 1.54) is 0 Å². The molecule has 0 saturated carbocycles. The molecule has 0 bridgehead atoms. The van der Waals surface area contributed by atoms with Gasteiger partial charge in [0.2, 0.25) is 5.91 Å². The van der Waals surface area contributed by atoms with Gasteiger partial charge in [-0.1, -0.05) is 91.0 Å². The number of amides is 2. The average Bonchev–Trinajstić information content (AvgIpc) is 3.31. The van der Waals surface area contributed by atoms with Crippen LogP contribution in [-0.4, -0.2) is 47.9 Å². The molecule has 3 N–H and O–H groups in total. The Morgan fingerprint density at radius 2 is 1.56 bits per heavy atom. The molecule has 3 aromatic rings. The van der Waals surface area contributed by atoms with Crippen molar-refractivity contribution < 1.29 is 29.0 Å². The zero-order chi connectivity index (χ0) is 28.8. The molecule has 0 saturated heterocycles. The minimum absolute atomic E-state index is 0.110. The summed E-state index contributed by atoms with van der Waals surface area (Å²) in [5.41, 5.74) is 5.36. The Hall–Kier alpha value is -4.43. The van der Waals surface area contributed by atoms with E-state index in [0.29, 0.717) is 6.42 Å². The van der Waals surface area contributed by atoms with E-state index in [-0.39, 0.29) is 25.6 Å². The van der Waals surface area contributed by atoms with Crippen molar-refractivity contribution in [1.29, 1.82) is 0 Å². The number of hydrogen-bond acceptors (Lipinski definition) is 5. The van der Waals surface area contributed by atoms with Crippen LogP contribution in [0.3, 0.4) is 0 Å². The molecule has 8 heteroatoms. The van der Waals surface area contributed by atoms with Crippen LogP contribution < -0.4 is 10.6 Å². The molecule has 41 heavy (non-hydrogen) atoms. The molecule has 0 spiro atoms. The van der Waals surface area contributed by atoms with E-state index < -0.39 is 42.1 Å². The number of carbonyl (C=O) groups excluding carboxylic acids is 2. The molecule has 2 aliphatic rings. The molecule has 2 aliphatic carbocycles. The summed E-state index contributed by atoms with van der Waals surface area (Å²) in [6, 6.07) is 24.1. The van der Waals surface area contributed by atoms with Gasteiger partial charge in [-0.25, -0.2) is 4.79 Å². The summed E-state index contributed by atoms with van der Waals surface area (Å²) in [7, 11) is 0. The van der Waals surface area contributed by atoms with E-state index >= 15 is 0 Å². The van der Waals surface area contributed by atoms with Gasteiger partial charge in [-0.3, -0.25) is 9.59 Å². The fourth-order valence-electron chi connectivity index (χ4n) is 5.53. The van der Waals surface area contributed by atoms with Gasteiger partial charge in [0, 0.05) is 12.0 Å². The van der Waals surface area contributed by atoms with Gasteiger partial charge in [-0.05, 0) is 47.6 Å². The highest BCUT2D eigenvalue weighted by Crippen LogP contribution is 2.44. The number of hydrogen-bond donors (Lipinski definition) is 3. The van der Waals surface area contributed by atoms with Crippen LogP contribution in [0.2, 0.25) is 0 Å². The number of carboxylic acid groups (broad SMARTS) is 1. The van der Waals surface area contributed by atoms with E-state index in [0.717, 1.165) is 27.8 Å². The van der Waals surface area contributed by atoms with Gasteiger partial charge in [-0.15, -0.1) is 0 Å². The molecule has 4 atom stereocenters. The van der Waals surface area contributed by atoms with Crippen molar-refractivity contribution in [3.63, 3.8) is 0 Å². The van der Waals surface area contributed by atoms with Crippen molar-refractivity contribution in [2.75, 3.05) is 6.61 Å². The Morgan fingerprint density at radius 1 is 0.927 bits per heavy atom. The van der Waals surface area contributed by atoms with Crippen molar-refractivity contribution in [3.05, 3.63) is 108 Å². The highest BCUT2D eigenvalue weighted by molar-refractivity contribution is 5.87. The zero-order valence-corrected chi connectivity index (χ0v) is 22.9. The van der Waals surface area contributed by atoms with Gasteiger partial charge in [0.15, 0.2) is 0 Å². The third-order valence-electron chi connectivity index (χ3n) is 7.73. The van der Waals surface area contributed by atoms with E-state index in [2.05, 4.69) is 22.8 Å². The molecule has 0 aromatic heterocycles. The SMILES string of the molecule is CC(OCc1ccccc1)C(NC(=O)OCC1c2ccccc2-c2ccccc21)C(=O)N[C@@H]1C=CC[C@@H](C(=O)O)C1. The normalized spacial score (nSPS) is 19.0. The summed E-state index contributed by atoms with van der Waals surface area (Å²) in [6.07, 6.45) is 2.81. The molecule has 0 fully saturated rings. The first-order valence-corrected chi connectivity index (χ1v) is 13.9. The van der Waals surface area contributed by atoms with Crippen molar-refractivity contribution in [3.8, 4) is 11.1 Å². The summed E-state index contributed by atoms with van der Waals surface area (Å²) in [5, 5.41) is 15.0. The van der Waals surface area contributed by atoms with Crippen LogP contribution in [0.15, 0.2) is 91.0 Å². The number of rotatable bonds is 10. The van der Waals surface area contributed by atoms with E-state index in [1.807, 2.05) is 66.7 Å². The number of aliphatic carboxylic acids is 1. The van der Waals surface area contributed by atoms with Gasteiger partial charge in [0.25, 0.3) is 0 Å². The number of fused-ring (bicyclic) bond motifs is 3. The van der Waals surface area contributed by atoms with Crippen LogP contribution in [0.5, 0.6) is 0 Å². The molecule has 0 radical (unpaired) electrons. The predicted molar refractivity (Wildman–Crippen MR) is 154 cm³/mol. The number of benzene rings is 3. The number of alkyl carbamates (subject to hydrolysis) is 1. The maximum Gasteiger partial charge on any atom is 0.407 e. The maximum atomic E-state index is 13.4. The second-order valence-corrected chi connectivity index (χ2v) is 10.5. The van der Waals surface area contributed by atoms with Crippen LogP contribution in [-0.2, 0) is 25.7 Å². The quantitative estimate of drug-likeness (QED) is 0.303. The van der Waals surface area contributed by atoms with Gasteiger partial charge in [-0.2, -0.15) is 0 Å². The van der Waals surface area contributed by atoms with Crippen LogP contribution in [0.1, 0.15) is 42.4 Å². The highest BCUT2D eigenvalue weighted by atomic mass is 16.5.